The fourth-order valence-electron chi connectivity index (χ4n) is 2.23. The first kappa shape index (κ1) is 15.7. The molecule has 0 atom stereocenters. The summed E-state index contributed by atoms with van der Waals surface area (Å²) in [7, 11) is 0. The lowest BCUT2D eigenvalue weighted by molar-refractivity contribution is 0.102. The van der Waals surface area contributed by atoms with Gasteiger partial charge in [0.25, 0.3) is 5.91 Å². The van der Waals surface area contributed by atoms with Gasteiger partial charge in [-0.2, -0.15) is 0 Å². The molecule has 5 nitrogen and oxygen atoms in total. The molecular weight excluding hydrogens is 300 g/mol. The van der Waals surface area contributed by atoms with E-state index in [1.807, 2.05) is 48.5 Å². The average Bonchev–Trinajstić information content (AvgIpc) is 2.64. The van der Waals surface area contributed by atoms with Crippen molar-refractivity contribution in [1.29, 1.82) is 0 Å². The molecule has 0 unspecified atom stereocenters. The van der Waals surface area contributed by atoms with E-state index >= 15 is 0 Å². The van der Waals surface area contributed by atoms with Gasteiger partial charge in [-0.3, -0.25) is 9.78 Å². The summed E-state index contributed by atoms with van der Waals surface area (Å²) >= 11 is 0. The molecule has 0 aliphatic heterocycles. The number of anilines is 3. The van der Waals surface area contributed by atoms with Gasteiger partial charge in [0, 0.05) is 41.6 Å². The van der Waals surface area contributed by atoms with Gasteiger partial charge in [-0.05, 0) is 54.1 Å². The lowest BCUT2D eigenvalue weighted by Gasteiger charge is -2.09. The third-order valence-electron chi connectivity index (χ3n) is 3.56. The van der Waals surface area contributed by atoms with Gasteiger partial charge in [0.05, 0.1) is 0 Å². The number of aromatic nitrogens is 1. The summed E-state index contributed by atoms with van der Waals surface area (Å²) in [5.74, 6) is -0.145. The van der Waals surface area contributed by atoms with Crippen LogP contribution in [0.4, 0.5) is 17.1 Å². The molecule has 1 amide bonds. The van der Waals surface area contributed by atoms with Crippen LogP contribution >= 0.6 is 0 Å². The van der Waals surface area contributed by atoms with Gasteiger partial charge < -0.3 is 16.4 Å². The monoisotopic (exact) mass is 318 g/mol. The Balaban J connectivity index is 1.64. The van der Waals surface area contributed by atoms with E-state index in [1.54, 1.807) is 24.5 Å². The molecule has 0 aliphatic carbocycles. The van der Waals surface area contributed by atoms with Gasteiger partial charge in [0.2, 0.25) is 0 Å². The standard InChI is InChI=1S/C19H18N4O/c20-13-14-1-3-15(4-2-14)19(24)23-17-7-5-16(6-8-17)22-18-9-11-21-12-10-18/h1-12H,13,20H2,(H,21,22)(H,23,24). The summed E-state index contributed by atoms with van der Waals surface area (Å²) in [6.07, 6.45) is 3.46. The van der Waals surface area contributed by atoms with Crippen molar-refractivity contribution in [3.63, 3.8) is 0 Å². The highest BCUT2D eigenvalue weighted by atomic mass is 16.1. The lowest BCUT2D eigenvalue weighted by Crippen LogP contribution is -2.12. The minimum atomic E-state index is -0.145. The number of carbonyl (C=O) groups is 1. The van der Waals surface area contributed by atoms with E-state index in [0.29, 0.717) is 12.1 Å². The van der Waals surface area contributed by atoms with Crippen LogP contribution in [0.5, 0.6) is 0 Å². The summed E-state index contributed by atoms with van der Waals surface area (Å²) in [6.45, 7) is 0.466. The summed E-state index contributed by atoms with van der Waals surface area (Å²) in [4.78, 5) is 16.2. The molecule has 24 heavy (non-hydrogen) atoms. The molecule has 4 N–H and O–H groups in total. The van der Waals surface area contributed by atoms with Crippen molar-refractivity contribution in [3.05, 3.63) is 84.2 Å². The average molecular weight is 318 g/mol. The van der Waals surface area contributed by atoms with Gasteiger partial charge in [0.1, 0.15) is 0 Å². The summed E-state index contributed by atoms with van der Waals surface area (Å²) in [5.41, 5.74) is 9.80. The molecule has 1 heterocycles. The molecule has 2 aromatic carbocycles. The number of pyridine rings is 1. The summed E-state index contributed by atoms with van der Waals surface area (Å²) in [5, 5.41) is 6.14. The van der Waals surface area contributed by atoms with Crippen molar-refractivity contribution in [3.8, 4) is 0 Å². The molecule has 0 saturated carbocycles. The van der Waals surface area contributed by atoms with E-state index in [0.717, 1.165) is 22.6 Å². The Hall–Kier alpha value is -3.18. The number of nitrogens with one attached hydrogen (secondary N) is 2. The maximum atomic E-state index is 12.2. The van der Waals surface area contributed by atoms with Crippen LogP contribution in [0.15, 0.2) is 73.1 Å². The number of hydrogen-bond acceptors (Lipinski definition) is 4. The van der Waals surface area contributed by atoms with E-state index in [4.69, 9.17) is 5.73 Å². The second kappa shape index (κ2) is 7.39. The molecule has 3 rings (SSSR count). The number of carbonyl (C=O) groups excluding carboxylic acids is 1. The van der Waals surface area contributed by atoms with Crippen LogP contribution in [0.2, 0.25) is 0 Å². The zero-order valence-electron chi connectivity index (χ0n) is 13.1. The normalized spacial score (nSPS) is 10.2. The van der Waals surface area contributed by atoms with Gasteiger partial charge in [-0.15, -0.1) is 0 Å². The summed E-state index contributed by atoms with van der Waals surface area (Å²) < 4.78 is 0. The first-order valence-electron chi connectivity index (χ1n) is 7.62. The maximum Gasteiger partial charge on any atom is 0.255 e. The van der Waals surface area contributed by atoms with Crippen molar-refractivity contribution in [2.45, 2.75) is 6.54 Å². The maximum absolute atomic E-state index is 12.2. The minimum Gasteiger partial charge on any atom is -0.355 e. The molecule has 0 bridgehead atoms. The zero-order valence-corrected chi connectivity index (χ0v) is 13.1. The van der Waals surface area contributed by atoms with E-state index < -0.39 is 0 Å². The highest BCUT2D eigenvalue weighted by Gasteiger charge is 2.06. The van der Waals surface area contributed by atoms with Gasteiger partial charge in [-0.25, -0.2) is 0 Å². The molecule has 1 aromatic heterocycles. The van der Waals surface area contributed by atoms with Gasteiger partial charge in [-0.1, -0.05) is 12.1 Å². The predicted molar refractivity (Wildman–Crippen MR) is 96.2 cm³/mol. The highest BCUT2D eigenvalue weighted by Crippen LogP contribution is 2.18. The number of amides is 1. The van der Waals surface area contributed by atoms with Crippen molar-refractivity contribution >= 4 is 23.0 Å². The second-order valence-corrected chi connectivity index (χ2v) is 5.29. The van der Waals surface area contributed by atoms with Crippen LogP contribution < -0.4 is 16.4 Å². The molecule has 0 radical (unpaired) electrons. The van der Waals surface area contributed by atoms with Crippen molar-refractivity contribution in [2.75, 3.05) is 10.6 Å². The lowest BCUT2D eigenvalue weighted by atomic mass is 10.1. The van der Waals surface area contributed by atoms with E-state index in [2.05, 4.69) is 15.6 Å². The number of hydrogen-bond donors (Lipinski definition) is 3. The van der Waals surface area contributed by atoms with Gasteiger partial charge >= 0.3 is 0 Å². The van der Waals surface area contributed by atoms with Crippen molar-refractivity contribution in [2.24, 2.45) is 5.73 Å². The second-order valence-electron chi connectivity index (χ2n) is 5.29. The number of benzene rings is 2. The largest absolute Gasteiger partial charge is 0.355 e. The Labute approximate surface area is 140 Å². The smallest absolute Gasteiger partial charge is 0.255 e. The van der Waals surface area contributed by atoms with Crippen LogP contribution in [-0.2, 0) is 6.54 Å². The fraction of sp³-hybridized carbons (Fsp3) is 0.0526. The van der Waals surface area contributed by atoms with Crippen LogP contribution in [-0.4, -0.2) is 10.9 Å². The number of nitrogens with zero attached hydrogens (tertiary/aromatic N) is 1. The Morgan fingerprint density at radius 3 is 2.04 bits per heavy atom. The molecule has 120 valence electrons. The fourth-order valence-corrected chi connectivity index (χ4v) is 2.23. The zero-order chi connectivity index (χ0) is 16.8. The Morgan fingerprint density at radius 1 is 0.833 bits per heavy atom. The molecule has 5 heteroatoms. The molecule has 3 aromatic rings. The Kier molecular flexibility index (Phi) is 4.84. The van der Waals surface area contributed by atoms with Crippen molar-refractivity contribution in [1.82, 2.24) is 4.98 Å². The Morgan fingerprint density at radius 2 is 1.42 bits per heavy atom. The SMILES string of the molecule is NCc1ccc(C(=O)Nc2ccc(Nc3ccncc3)cc2)cc1. The molecular formula is C19H18N4O. The molecule has 0 fully saturated rings. The van der Waals surface area contributed by atoms with Crippen LogP contribution in [0.3, 0.4) is 0 Å². The van der Waals surface area contributed by atoms with E-state index in [1.165, 1.54) is 0 Å². The summed E-state index contributed by atoms with van der Waals surface area (Å²) in [6, 6.07) is 18.6. The van der Waals surface area contributed by atoms with E-state index in [-0.39, 0.29) is 5.91 Å². The Bertz CT molecular complexity index is 799. The quantitative estimate of drug-likeness (QED) is 0.672. The predicted octanol–water partition coefficient (Wildman–Crippen LogP) is 3.54. The third kappa shape index (κ3) is 3.97. The number of rotatable bonds is 5. The van der Waals surface area contributed by atoms with Crippen LogP contribution in [0.1, 0.15) is 15.9 Å². The van der Waals surface area contributed by atoms with Gasteiger partial charge in [0.15, 0.2) is 0 Å². The number of nitrogens with two attached hydrogens (primary N) is 1. The van der Waals surface area contributed by atoms with Crippen LogP contribution in [0.25, 0.3) is 0 Å². The minimum absolute atomic E-state index is 0.145. The topological polar surface area (TPSA) is 80.0 Å². The third-order valence-corrected chi connectivity index (χ3v) is 3.56. The first-order valence-corrected chi connectivity index (χ1v) is 7.62. The molecule has 0 spiro atoms. The van der Waals surface area contributed by atoms with E-state index in [9.17, 15) is 4.79 Å². The highest BCUT2D eigenvalue weighted by molar-refractivity contribution is 6.04. The molecule has 0 saturated heterocycles. The first-order chi connectivity index (χ1) is 11.7. The van der Waals surface area contributed by atoms with Crippen LogP contribution in [0, 0.1) is 0 Å². The molecule has 0 aliphatic rings. The van der Waals surface area contributed by atoms with Crippen molar-refractivity contribution < 1.29 is 4.79 Å².